The molecule has 1 amide bonds. The number of carboxylic acid groups (broad SMARTS) is 1. The van der Waals surface area contributed by atoms with Gasteiger partial charge in [-0.3, -0.25) is 9.59 Å². The average Bonchev–Trinajstić information content (AvgIpc) is 2.49. The number of nitrogens with one attached hydrogen (secondary N) is 1. The largest absolute Gasteiger partial charge is 0.481 e. The van der Waals surface area contributed by atoms with Crippen molar-refractivity contribution in [1.82, 2.24) is 5.32 Å². The molecule has 2 N–H and O–H groups in total. The highest BCUT2D eigenvalue weighted by atomic mass is 16.4. The molecule has 0 heterocycles. The molecule has 0 radical (unpaired) electrons. The molecule has 0 aliphatic carbocycles. The number of rotatable bonds is 7. The Morgan fingerprint density at radius 1 is 1.48 bits per heavy atom. The Hall–Kier alpha value is -2.61. The SMILES string of the molecule is CCC(CNC(=O)/C=C/c1cccc(C#N)c1)CC(=O)O. The second-order valence-corrected chi connectivity index (χ2v) is 4.69. The summed E-state index contributed by atoms with van der Waals surface area (Å²) in [5.41, 5.74) is 1.30. The molecule has 0 aliphatic rings. The van der Waals surface area contributed by atoms with Gasteiger partial charge in [-0.1, -0.05) is 25.5 Å². The molecule has 0 aliphatic heterocycles. The number of amides is 1. The normalized spacial score (nSPS) is 11.8. The minimum atomic E-state index is -0.861. The highest BCUT2D eigenvalue weighted by Gasteiger charge is 2.11. The van der Waals surface area contributed by atoms with Crippen molar-refractivity contribution in [2.75, 3.05) is 6.54 Å². The van der Waals surface area contributed by atoms with Crippen LogP contribution in [0.5, 0.6) is 0 Å². The van der Waals surface area contributed by atoms with Crippen LogP contribution >= 0.6 is 0 Å². The lowest BCUT2D eigenvalue weighted by molar-refractivity contribution is -0.138. The second-order valence-electron chi connectivity index (χ2n) is 4.69. The fourth-order valence-electron chi connectivity index (χ4n) is 1.80. The molecule has 0 bridgehead atoms. The third kappa shape index (κ3) is 6.39. The number of aliphatic carboxylic acids is 1. The number of carbonyl (C=O) groups is 2. The number of hydrogen-bond acceptors (Lipinski definition) is 3. The van der Waals surface area contributed by atoms with Gasteiger partial charge in [0, 0.05) is 19.0 Å². The molecule has 1 aromatic carbocycles. The molecule has 1 atom stereocenters. The van der Waals surface area contributed by atoms with Crippen LogP contribution in [0, 0.1) is 17.2 Å². The Bertz CT molecular complexity index is 573. The third-order valence-electron chi connectivity index (χ3n) is 3.05. The van der Waals surface area contributed by atoms with Gasteiger partial charge in [-0.15, -0.1) is 0 Å². The van der Waals surface area contributed by atoms with Crippen molar-refractivity contribution in [1.29, 1.82) is 5.26 Å². The number of hydrogen-bond donors (Lipinski definition) is 2. The van der Waals surface area contributed by atoms with E-state index < -0.39 is 5.97 Å². The average molecular weight is 286 g/mol. The van der Waals surface area contributed by atoms with Gasteiger partial charge in [-0.05, 0) is 29.7 Å². The van der Waals surface area contributed by atoms with Gasteiger partial charge >= 0.3 is 5.97 Å². The summed E-state index contributed by atoms with van der Waals surface area (Å²) in [5.74, 6) is -1.21. The first-order valence-electron chi connectivity index (χ1n) is 6.73. The Balaban J connectivity index is 2.51. The topological polar surface area (TPSA) is 90.2 Å². The minimum absolute atomic E-state index is 0.0463. The summed E-state index contributed by atoms with van der Waals surface area (Å²) in [7, 11) is 0. The third-order valence-corrected chi connectivity index (χ3v) is 3.05. The standard InChI is InChI=1S/C16H18N2O3/c1-2-12(9-16(20)21)11-18-15(19)7-6-13-4-3-5-14(8-13)10-17/h3-8,12H,2,9,11H2,1H3,(H,18,19)(H,20,21)/b7-6+. The van der Waals surface area contributed by atoms with Gasteiger partial charge < -0.3 is 10.4 Å². The lowest BCUT2D eigenvalue weighted by Crippen LogP contribution is -2.28. The molecule has 1 aromatic rings. The van der Waals surface area contributed by atoms with E-state index >= 15 is 0 Å². The lowest BCUT2D eigenvalue weighted by atomic mass is 10.0. The Morgan fingerprint density at radius 3 is 2.86 bits per heavy atom. The molecule has 0 fully saturated rings. The fraction of sp³-hybridized carbons (Fsp3) is 0.312. The van der Waals surface area contributed by atoms with Crippen LogP contribution in [-0.2, 0) is 9.59 Å². The van der Waals surface area contributed by atoms with Gasteiger partial charge in [-0.25, -0.2) is 0 Å². The minimum Gasteiger partial charge on any atom is -0.481 e. The molecule has 5 nitrogen and oxygen atoms in total. The van der Waals surface area contributed by atoms with Crippen LogP contribution in [0.4, 0.5) is 0 Å². The number of nitrogens with zero attached hydrogens (tertiary/aromatic N) is 1. The van der Waals surface area contributed by atoms with Crippen molar-refractivity contribution in [2.45, 2.75) is 19.8 Å². The summed E-state index contributed by atoms with van der Waals surface area (Å²) < 4.78 is 0. The first-order chi connectivity index (χ1) is 10.0. The van der Waals surface area contributed by atoms with E-state index in [4.69, 9.17) is 10.4 Å². The molecule has 110 valence electrons. The van der Waals surface area contributed by atoms with Gasteiger partial charge in [0.25, 0.3) is 0 Å². The van der Waals surface area contributed by atoms with Gasteiger partial charge in [-0.2, -0.15) is 5.26 Å². The van der Waals surface area contributed by atoms with Crippen LogP contribution in [0.25, 0.3) is 6.08 Å². The molecular formula is C16H18N2O3. The van der Waals surface area contributed by atoms with E-state index in [2.05, 4.69) is 5.32 Å². The molecule has 0 saturated heterocycles. The molecule has 0 saturated carbocycles. The zero-order valence-corrected chi connectivity index (χ0v) is 11.9. The summed E-state index contributed by atoms with van der Waals surface area (Å²) in [4.78, 5) is 22.3. The summed E-state index contributed by atoms with van der Waals surface area (Å²) in [6.07, 6.45) is 3.74. The Kier molecular flexibility index (Phi) is 6.69. The zero-order valence-electron chi connectivity index (χ0n) is 11.9. The monoisotopic (exact) mass is 286 g/mol. The van der Waals surface area contributed by atoms with Crippen molar-refractivity contribution in [3.8, 4) is 6.07 Å². The van der Waals surface area contributed by atoms with Crippen LogP contribution in [0.2, 0.25) is 0 Å². The lowest BCUT2D eigenvalue weighted by Gasteiger charge is -2.12. The number of nitriles is 1. The van der Waals surface area contributed by atoms with E-state index in [0.717, 1.165) is 5.56 Å². The van der Waals surface area contributed by atoms with Crippen LogP contribution in [0.3, 0.4) is 0 Å². The zero-order chi connectivity index (χ0) is 15.7. The van der Waals surface area contributed by atoms with Crippen LogP contribution < -0.4 is 5.32 Å². The summed E-state index contributed by atoms with van der Waals surface area (Å²) in [5, 5.41) is 20.2. The molecule has 1 rings (SSSR count). The number of carboxylic acids is 1. The first kappa shape index (κ1) is 16.4. The fourth-order valence-corrected chi connectivity index (χ4v) is 1.80. The maximum atomic E-state index is 11.7. The molecular weight excluding hydrogens is 268 g/mol. The van der Waals surface area contributed by atoms with E-state index in [-0.39, 0.29) is 18.2 Å². The predicted octanol–water partition coefficient (Wildman–Crippen LogP) is 2.19. The summed E-state index contributed by atoms with van der Waals surface area (Å²) in [6.45, 7) is 2.23. The van der Waals surface area contributed by atoms with E-state index in [0.29, 0.717) is 18.5 Å². The Morgan fingerprint density at radius 2 is 2.24 bits per heavy atom. The van der Waals surface area contributed by atoms with Gasteiger partial charge in [0.1, 0.15) is 0 Å². The van der Waals surface area contributed by atoms with E-state index in [1.54, 1.807) is 30.3 Å². The van der Waals surface area contributed by atoms with Crippen molar-refractivity contribution >= 4 is 18.0 Å². The van der Waals surface area contributed by atoms with E-state index in [1.807, 2.05) is 13.0 Å². The predicted molar refractivity (Wildman–Crippen MR) is 79.2 cm³/mol. The summed E-state index contributed by atoms with van der Waals surface area (Å²) in [6, 6.07) is 8.95. The van der Waals surface area contributed by atoms with Crippen molar-refractivity contribution in [2.24, 2.45) is 5.92 Å². The van der Waals surface area contributed by atoms with Crippen LogP contribution in [-0.4, -0.2) is 23.5 Å². The highest BCUT2D eigenvalue weighted by molar-refractivity contribution is 5.91. The molecule has 21 heavy (non-hydrogen) atoms. The van der Waals surface area contributed by atoms with E-state index in [1.165, 1.54) is 6.08 Å². The van der Waals surface area contributed by atoms with Crippen molar-refractivity contribution in [3.05, 3.63) is 41.5 Å². The first-order valence-corrected chi connectivity index (χ1v) is 6.73. The molecule has 0 aromatic heterocycles. The maximum absolute atomic E-state index is 11.7. The number of carbonyl (C=O) groups excluding carboxylic acids is 1. The molecule has 5 heteroatoms. The second kappa shape index (κ2) is 8.54. The highest BCUT2D eigenvalue weighted by Crippen LogP contribution is 2.07. The van der Waals surface area contributed by atoms with Crippen molar-refractivity contribution < 1.29 is 14.7 Å². The van der Waals surface area contributed by atoms with Crippen LogP contribution in [0.1, 0.15) is 30.9 Å². The molecule has 0 spiro atoms. The van der Waals surface area contributed by atoms with Crippen LogP contribution in [0.15, 0.2) is 30.3 Å². The van der Waals surface area contributed by atoms with Gasteiger partial charge in [0.05, 0.1) is 11.6 Å². The maximum Gasteiger partial charge on any atom is 0.303 e. The summed E-state index contributed by atoms with van der Waals surface area (Å²) >= 11 is 0. The van der Waals surface area contributed by atoms with Gasteiger partial charge in [0.2, 0.25) is 5.91 Å². The van der Waals surface area contributed by atoms with E-state index in [9.17, 15) is 9.59 Å². The van der Waals surface area contributed by atoms with Crippen molar-refractivity contribution in [3.63, 3.8) is 0 Å². The van der Waals surface area contributed by atoms with Gasteiger partial charge in [0.15, 0.2) is 0 Å². The molecule has 1 unspecified atom stereocenters. The quantitative estimate of drug-likeness (QED) is 0.752. The Labute approximate surface area is 123 Å². The number of benzene rings is 1. The smallest absolute Gasteiger partial charge is 0.303 e.